The number of aliphatic hydroxyl groups is 1. The number of fused-ring (bicyclic) bond motifs is 1. The first-order valence-corrected chi connectivity index (χ1v) is 7.33. The van der Waals surface area contributed by atoms with Gasteiger partial charge in [-0.2, -0.15) is 14.6 Å². The smallest absolute Gasteiger partial charge is 0.254 e. The Bertz CT molecular complexity index is 813. The van der Waals surface area contributed by atoms with E-state index in [2.05, 4.69) is 20.4 Å². The zero-order valence-electron chi connectivity index (χ0n) is 13.3. The van der Waals surface area contributed by atoms with Crippen molar-refractivity contribution < 1.29 is 9.84 Å². The molecule has 0 aliphatic heterocycles. The van der Waals surface area contributed by atoms with Crippen LogP contribution in [0.2, 0.25) is 0 Å². The number of anilines is 1. The third kappa shape index (κ3) is 2.95. The number of nitrogens with one attached hydrogen (secondary N) is 1. The lowest BCUT2D eigenvalue weighted by molar-refractivity contribution is 0.191. The predicted octanol–water partition coefficient (Wildman–Crippen LogP) is 1.90. The van der Waals surface area contributed by atoms with E-state index in [-0.39, 0.29) is 0 Å². The molecule has 0 unspecified atom stereocenters. The van der Waals surface area contributed by atoms with Gasteiger partial charge in [-0.05, 0) is 31.5 Å². The number of benzene rings is 1. The van der Waals surface area contributed by atoms with Crippen LogP contribution in [0.25, 0.3) is 5.78 Å². The maximum Gasteiger partial charge on any atom is 0.254 e. The monoisotopic (exact) mass is 313 g/mol. The van der Waals surface area contributed by atoms with Crippen molar-refractivity contribution in [1.29, 1.82) is 0 Å². The Balaban J connectivity index is 1.79. The molecule has 2 aromatic heterocycles. The molecule has 0 saturated heterocycles. The summed E-state index contributed by atoms with van der Waals surface area (Å²) in [7, 11) is 1.62. The molecule has 3 aromatic rings. The van der Waals surface area contributed by atoms with Crippen LogP contribution in [0.1, 0.15) is 22.9 Å². The average Bonchev–Trinajstić information content (AvgIpc) is 3.03. The van der Waals surface area contributed by atoms with Gasteiger partial charge < -0.3 is 15.2 Å². The SMILES string of the molecule is COc1ccc([C@@H](O)CNc2c(C)c(C)nc3ncnn23)cc1. The maximum absolute atomic E-state index is 10.4. The summed E-state index contributed by atoms with van der Waals surface area (Å²) in [6, 6.07) is 7.35. The van der Waals surface area contributed by atoms with Crippen LogP contribution in [0.5, 0.6) is 5.75 Å². The van der Waals surface area contributed by atoms with Crippen LogP contribution < -0.4 is 10.1 Å². The highest BCUT2D eigenvalue weighted by Gasteiger charge is 2.13. The quantitative estimate of drug-likeness (QED) is 0.748. The fourth-order valence-electron chi connectivity index (χ4n) is 2.38. The van der Waals surface area contributed by atoms with Crippen molar-refractivity contribution in [3.63, 3.8) is 0 Å². The molecule has 0 aliphatic rings. The van der Waals surface area contributed by atoms with Gasteiger partial charge in [0.05, 0.1) is 13.2 Å². The van der Waals surface area contributed by atoms with Crippen LogP contribution in [0.3, 0.4) is 0 Å². The first-order valence-electron chi connectivity index (χ1n) is 7.33. The number of aromatic nitrogens is 4. The van der Waals surface area contributed by atoms with Gasteiger partial charge in [-0.25, -0.2) is 4.98 Å². The van der Waals surface area contributed by atoms with E-state index in [9.17, 15) is 5.11 Å². The first kappa shape index (κ1) is 15.2. The Morgan fingerprint density at radius 2 is 2.00 bits per heavy atom. The summed E-state index contributed by atoms with van der Waals surface area (Å²) in [5.41, 5.74) is 2.67. The number of aryl methyl sites for hydroxylation is 1. The van der Waals surface area contributed by atoms with Gasteiger partial charge in [-0.3, -0.25) is 0 Å². The molecule has 23 heavy (non-hydrogen) atoms. The third-order valence-corrected chi connectivity index (χ3v) is 3.87. The number of hydrogen-bond donors (Lipinski definition) is 2. The van der Waals surface area contributed by atoms with Gasteiger partial charge in [0.25, 0.3) is 5.78 Å². The molecule has 2 N–H and O–H groups in total. The molecule has 0 aliphatic carbocycles. The van der Waals surface area contributed by atoms with E-state index in [0.717, 1.165) is 28.4 Å². The van der Waals surface area contributed by atoms with Crippen LogP contribution in [-0.4, -0.2) is 38.3 Å². The highest BCUT2D eigenvalue weighted by molar-refractivity contribution is 5.52. The van der Waals surface area contributed by atoms with Gasteiger partial charge in [-0.15, -0.1) is 0 Å². The summed E-state index contributed by atoms with van der Waals surface area (Å²) < 4.78 is 6.77. The van der Waals surface area contributed by atoms with Gasteiger partial charge in [0.1, 0.15) is 17.9 Å². The maximum atomic E-state index is 10.4. The molecule has 0 spiro atoms. The van der Waals surface area contributed by atoms with Gasteiger partial charge in [0, 0.05) is 17.8 Å². The molecule has 0 fully saturated rings. The third-order valence-electron chi connectivity index (χ3n) is 3.87. The normalized spacial score (nSPS) is 12.3. The van der Waals surface area contributed by atoms with Crippen molar-refractivity contribution in [3.05, 3.63) is 47.4 Å². The Labute approximate surface area is 134 Å². The van der Waals surface area contributed by atoms with Gasteiger partial charge in [0.2, 0.25) is 0 Å². The Hall–Kier alpha value is -2.67. The van der Waals surface area contributed by atoms with Crippen LogP contribution in [-0.2, 0) is 0 Å². The molecule has 1 aromatic carbocycles. The summed E-state index contributed by atoms with van der Waals surface area (Å²) in [5.74, 6) is 2.09. The minimum Gasteiger partial charge on any atom is -0.497 e. The van der Waals surface area contributed by atoms with Crippen LogP contribution in [0.15, 0.2) is 30.6 Å². The molecule has 0 amide bonds. The van der Waals surface area contributed by atoms with Crippen molar-refractivity contribution >= 4 is 11.6 Å². The van der Waals surface area contributed by atoms with Crippen LogP contribution >= 0.6 is 0 Å². The summed E-state index contributed by atoms with van der Waals surface area (Å²) in [6.45, 7) is 4.24. The molecule has 7 heteroatoms. The number of nitrogens with zero attached hydrogens (tertiary/aromatic N) is 4. The topological polar surface area (TPSA) is 84.6 Å². The average molecular weight is 313 g/mol. The summed E-state index contributed by atoms with van der Waals surface area (Å²) in [5, 5.41) is 17.8. The molecule has 0 bridgehead atoms. The highest BCUT2D eigenvalue weighted by Crippen LogP contribution is 2.21. The van der Waals surface area contributed by atoms with E-state index >= 15 is 0 Å². The lowest BCUT2D eigenvalue weighted by Gasteiger charge is -2.16. The van der Waals surface area contributed by atoms with E-state index in [0.29, 0.717) is 12.3 Å². The molecule has 0 saturated carbocycles. The lowest BCUT2D eigenvalue weighted by Crippen LogP contribution is -2.16. The molecule has 2 heterocycles. The van der Waals surface area contributed by atoms with Gasteiger partial charge in [-0.1, -0.05) is 12.1 Å². The zero-order chi connectivity index (χ0) is 16.4. The fraction of sp³-hybridized carbons (Fsp3) is 0.312. The van der Waals surface area contributed by atoms with E-state index in [1.165, 1.54) is 6.33 Å². The molecule has 7 nitrogen and oxygen atoms in total. The Morgan fingerprint density at radius 3 is 2.70 bits per heavy atom. The number of ether oxygens (including phenoxy) is 1. The van der Waals surface area contributed by atoms with Crippen molar-refractivity contribution in [1.82, 2.24) is 19.6 Å². The standard InChI is InChI=1S/C16H19N5O2/c1-10-11(2)20-16-18-9-19-21(16)15(10)17-8-14(22)12-4-6-13(23-3)7-5-12/h4-7,9,14,17,22H,8H2,1-3H3/t14-/m0/s1. The second-order valence-corrected chi connectivity index (χ2v) is 5.31. The minimum absolute atomic E-state index is 0.353. The highest BCUT2D eigenvalue weighted by atomic mass is 16.5. The van der Waals surface area contributed by atoms with E-state index in [1.807, 2.05) is 38.1 Å². The second-order valence-electron chi connectivity index (χ2n) is 5.31. The number of rotatable bonds is 5. The molecular weight excluding hydrogens is 294 g/mol. The molecule has 0 radical (unpaired) electrons. The Morgan fingerprint density at radius 1 is 1.26 bits per heavy atom. The molecule has 120 valence electrons. The summed E-state index contributed by atoms with van der Waals surface area (Å²) in [4.78, 5) is 8.48. The summed E-state index contributed by atoms with van der Waals surface area (Å²) >= 11 is 0. The van der Waals surface area contributed by atoms with Crippen molar-refractivity contribution in [2.75, 3.05) is 19.0 Å². The number of aliphatic hydroxyl groups excluding tert-OH is 1. The van der Waals surface area contributed by atoms with Gasteiger partial charge in [0.15, 0.2) is 0 Å². The number of hydrogen-bond acceptors (Lipinski definition) is 6. The fourth-order valence-corrected chi connectivity index (χ4v) is 2.38. The van der Waals surface area contributed by atoms with Crippen LogP contribution in [0.4, 0.5) is 5.82 Å². The molecular formula is C16H19N5O2. The number of methoxy groups -OCH3 is 1. The lowest BCUT2D eigenvalue weighted by atomic mass is 10.1. The minimum atomic E-state index is -0.646. The first-order chi connectivity index (χ1) is 11.1. The molecule has 1 atom stereocenters. The zero-order valence-corrected chi connectivity index (χ0v) is 13.3. The predicted molar refractivity (Wildman–Crippen MR) is 86.7 cm³/mol. The van der Waals surface area contributed by atoms with E-state index in [4.69, 9.17) is 4.74 Å². The van der Waals surface area contributed by atoms with Crippen LogP contribution in [0, 0.1) is 13.8 Å². The summed E-state index contributed by atoms with van der Waals surface area (Å²) in [6.07, 6.45) is 0.819. The molecule has 3 rings (SSSR count). The second kappa shape index (κ2) is 6.21. The van der Waals surface area contributed by atoms with Crippen molar-refractivity contribution in [3.8, 4) is 5.75 Å². The largest absolute Gasteiger partial charge is 0.497 e. The van der Waals surface area contributed by atoms with Crippen molar-refractivity contribution in [2.24, 2.45) is 0 Å². The van der Waals surface area contributed by atoms with E-state index in [1.54, 1.807) is 11.6 Å². The van der Waals surface area contributed by atoms with E-state index < -0.39 is 6.10 Å². The van der Waals surface area contributed by atoms with Crippen molar-refractivity contribution in [2.45, 2.75) is 20.0 Å². The van der Waals surface area contributed by atoms with Gasteiger partial charge >= 0.3 is 0 Å². The Kier molecular flexibility index (Phi) is 4.12.